The molecule has 0 heterocycles. The number of carbonyl (C=O) groups excluding carboxylic acids is 2. The standard InChI is InChI=1S/C16H30O4/c1-4-5-6-7-8-9-11-16(20-15(3)18)12-10-13-19-14(2)17/h16H,4-13H2,1-3H3/t16-/m0/s1. The molecule has 0 aromatic rings. The third-order valence-corrected chi connectivity index (χ3v) is 3.19. The van der Waals surface area contributed by atoms with Crippen molar-refractivity contribution < 1.29 is 19.1 Å². The lowest BCUT2D eigenvalue weighted by molar-refractivity contribution is -0.148. The highest BCUT2D eigenvalue weighted by atomic mass is 16.5. The molecule has 0 aliphatic heterocycles. The maximum atomic E-state index is 11.1. The monoisotopic (exact) mass is 286 g/mol. The molecule has 0 aliphatic carbocycles. The van der Waals surface area contributed by atoms with E-state index in [1.807, 2.05) is 0 Å². The molecule has 0 amide bonds. The van der Waals surface area contributed by atoms with Gasteiger partial charge in [-0.2, -0.15) is 0 Å². The van der Waals surface area contributed by atoms with Gasteiger partial charge in [-0.1, -0.05) is 39.0 Å². The molecule has 0 N–H and O–H groups in total. The fourth-order valence-electron chi connectivity index (χ4n) is 2.18. The molecule has 0 spiro atoms. The third-order valence-electron chi connectivity index (χ3n) is 3.19. The largest absolute Gasteiger partial charge is 0.466 e. The predicted molar refractivity (Wildman–Crippen MR) is 79.4 cm³/mol. The lowest BCUT2D eigenvalue weighted by Crippen LogP contribution is -2.17. The molecule has 118 valence electrons. The molecule has 0 saturated heterocycles. The fourth-order valence-corrected chi connectivity index (χ4v) is 2.18. The molecule has 0 bridgehead atoms. The summed E-state index contributed by atoms with van der Waals surface area (Å²) in [5.41, 5.74) is 0. The van der Waals surface area contributed by atoms with Crippen LogP contribution in [-0.4, -0.2) is 24.6 Å². The molecular formula is C16H30O4. The van der Waals surface area contributed by atoms with Crippen molar-refractivity contribution in [2.45, 2.75) is 84.7 Å². The number of carbonyl (C=O) groups is 2. The minimum Gasteiger partial charge on any atom is -0.466 e. The van der Waals surface area contributed by atoms with Gasteiger partial charge in [-0.3, -0.25) is 9.59 Å². The van der Waals surface area contributed by atoms with Crippen molar-refractivity contribution in [2.24, 2.45) is 0 Å². The Morgan fingerprint density at radius 2 is 1.45 bits per heavy atom. The Bertz CT molecular complexity index is 263. The zero-order valence-electron chi connectivity index (χ0n) is 13.3. The first kappa shape index (κ1) is 18.9. The van der Waals surface area contributed by atoms with Crippen molar-refractivity contribution in [3.05, 3.63) is 0 Å². The average molecular weight is 286 g/mol. The molecule has 0 saturated carbocycles. The zero-order valence-corrected chi connectivity index (χ0v) is 13.3. The molecule has 20 heavy (non-hydrogen) atoms. The van der Waals surface area contributed by atoms with Gasteiger partial charge in [0.15, 0.2) is 0 Å². The SMILES string of the molecule is CCCCCCCC[C@@H](CCCOC(C)=O)OC(C)=O. The van der Waals surface area contributed by atoms with E-state index >= 15 is 0 Å². The summed E-state index contributed by atoms with van der Waals surface area (Å²) in [4.78, 5) is 21.7. The number of ether oxygens (including phenoxy) is 2. The Morgan fingerprint density at radius 3 is 2.05 bits per heavy atom. The van der Waals surface area contributed by atoms with Crippen LogP contribution in [0.3, 0.4) is 0 Å². The maximum Gasteiger partial charge on any atom is 0.302 e. The van der Waals surface area contributed by atoms with Gasteiger partial charge in [0.25, 0.3) is 0 Å². The average Bonchev–Trinajstić information content (AvgIpc) is 2.37. The Balaban J connectivity index is 3.73. The number of rotatable bonds is 12. The van der Waals surface area contributed by atoms with Crippen molar-refractivity contribution in [1.29, 1.82) is 0 Å². The lowest BCUT2D eigenvalue weighted by atomic mass is 10.0. The molecule has 4 heteroatoms. The van der Waals surface area contributed by atoms with E-state index < -0.39 is 0 Å². The summed E-state index contributed by atoms with van der Waals surface area (Å²) in [6, 6.07) is 0. The molecule has 0 aromatic carbocycles. The zero-order chi connectivity index (χ0) is 15.2. The Labute approximate surface area is 123 Å². The van der Waals surface area contributed by atoms with Crippen molar-refractivity contribution in [1.82, 2.24) is 0 Å². The highest BCUT2D eigenvalue weighted by Crippen LogP contribution is 2.14. The van der Waals surface area contributed by atoms with Crippen LogP contribution in [0.15, 0.2) is 0 Å². The van der Waals surface area contributed by atoms with Gasteiger partial charge in [0.1, 0.15) is 6.10 Å². The lowest BCUT2D eigenvalue weighted by Gasteiger charge is -2.16. The molecule has 0 unspecified atom stereocenters. The second kappa shape index (κ2) is 12.9. The van der Waals surface area contributed by atoms with Crippen LogP contribution in [-0.2, 0) is 19.1 Å². The van der Waals surface area contributed by atoms with Gasteiger partial charge in [-0.15, -0.1) is 0 Å². The molecule has 0 aliphatic rings. The minimum absolute atomic E-state index is 0.0331. The summed E-state index contributed by atoms with van der Waals surface area (Å²) in [7, 11) is 0. The predicted octanol–water partition coefficient (Wildman–Crippen LogP) is 4.01. The second-order valence-corrected chi connectivity index (χ2v) is 5.27. The van der Waals surface area contributed by atoms with E-state index in [4.69, 9.17) is 9.47 Å². The first-order chi connectivity index (χ1) is 9.56. The van der Waals surface area contributed by atoms with E-state index in [0.717, 1.165) is 25.7 Å². The highest BCUT2D eigenvalue weighted by Gasteiger charge is 2.11. The van der Waals surface area contributed by atoms with Crippen LogP contribution < -0.4 is 0 Å². The van der Waals surface area contributed by atoms with Crippen molar-refractivity contribution in [3.63, 3.8) is 0 Å². The van der Waals surface area contributed by atoms with Crippen molar-refractivity contribution in [2.75, 3.05) is 6.61 Å². The van der Waals surface area contributed by atoms with Crippen LogP contribution in [0, 0.1) is 0 Å². The van der Waals surface area contributed by atoms with Crippen LogP contribution >= 0.6 is 0 Å². The van der Waals surface area contributed by atoms with E-state index in [0.29, 0.717) is 6.61 Å². The summed E-state index contributed by atoms with van der Waals surface area (Å²) >= 11 is 0. The number of hydrogen-bond donors (Lipinski definition) is 0. The second-order valence-electron chi connectivity index (χ2n) is 5.27. The number of unbranched alkanes of at least 4 members (excludes halogenated alkanes) is 5. The van der Waals surface area contributed by atoms with Crippen molar-refractivity contribution >= 4 is 11.9 Å². The van der Waals surface area contributed by atoms with Gasteiger partial charge >= 0.3 is 11.9 Å². The minimum atomic E-state index is -0.259. The van der Waals surface area contributed by atoms with E-state index in [1.165, 1.54) is 46.0 Å². The van der Waals surface area contributed by atoms with E-state index in [9.17, 15) is 9.59 Å². The summed E-state index contributed by atoms with van der Waals surface area (Å²) in [5.74, 6) is -0.488. The topological polar surface area (TPSA) is 52.6 Å². The molecule has 1 atom stereocenters. The van der Waals surface area contributed by atoms with Gasteiger partial charge < -0.3 is 9.47 Å². The Morgan fingerprint density at radius 1 is 0.850 bits per heavy atom. The van der Waals surface area contributed by atoms with Crippen LogP contribution in [0.25, 0.3) is 0 Å². The van der Waals surface area contributed by atoms with Crippen LogP contribution in [0.5, 0.6) is 0 Å². The number of esters is 2. The van der Waals surface area contributed by atoms with Crippen molar-refractivity contribution in [3.8, 4) is 0 Å². The molecule has 0 aromatic heterocycles. The van der Waals surface area contributed by atoms with Gasteiger partial charge in [-0.25, -0.2) is 0 Å². The summed E-state index contributed by atoms with van der Waals surface area (Å²) < 4.78 is 10.2. The summed E-state index contributed by atoms with van der Waals surface area (Å²) in [5, 5.41) is 0. The van der Waals surface area contributed by atoms with Crippen LogP contribution in [0.4, 0.5) is 0 Å². The van der Waals surface area contributed by atoms with Gasteiger partial charge in [0.2, 0.25) is 0 Å². The van der Waals surface area contributed by atoms with E-state index in [1.54, 1.807) is 0 Å². The molecule has 0 fully saturated rings. The maximum absolute atomic E-state index is 11.1. The third kappa shape index (κ3) is 13.4. The Hall–Kier alpha value is -1.06. The summed E-state index contributed by atoms with van der Waals surface area (Å²) in [6.45, 7) is 5.46. The Kier molecular flexibility index (Phi) is 12.3. The summed E-state index contributed by atoms with van der Waals surface area (Å²) in [6.07, 6.45) is 9.78. The molecule has 0 radical (unpaired) electrons. The van der Waals surface area contributed by atoms with E-state index in [-0.39, 0.29) is 18.0 Å². The first-order valence-corrected chi connectivity index (χ1v) is 7.86. The molecule has 4 nitrogen and oxygen atoms in total. The van der Waals surface area contributed by atoms with Crippen LogP contribution in [0.1, 0.15) is 78.6 Å². The van der Waals surface area contributed by atoms with E-state index in [2.05, 4.69) is 6.92 Å². The van der Waals surface area contributed by atoms with Gasteiger partial charge in [-0.05, 0) is 25.7 Å². The molecular weight excluding hydrogens is 256 g/mol. The quantitative estimate of drug-likeness (QED) is 0.402. The van der Waals surface area contributed by atoms with Crippen LogP contribution in [0.2, 0.25) is 0 Å². The number of hydrogen-bond acceptors (Lipinski definition) is 4. The first-order valence-electron chi connectivity index (χ1n) is 7.86. The van der Waals surface area contributed by atoms with Gasteiger partial charge in [0.05, 0.1) is 6.61 Å². The molecule has 0 rings (SSSR count). The highest BCUT2D eigenvalue weighted by molar-refractivity contribution is 5.66. The smallest absolute Gasteiger partial charge is 0.302 e. The fraction of sp³-hybridized carbons (Fsp3) is 0.875. The normalized spacial score (nSPS) is 11.9. The van der Waals surface area contributed by atoms with Gasteiger partial charge in [0, 0.05) is 13.8 Å².